The van der Waals surface area contributed by atoms with Crippen LogP contribution in [-0.4, -0.2) is 60.3 Å². The lowest BCUT2D eigenvalue weighted by Crippen LogP contribution is -2.66. The number of rotatable bonds is 3. The molecule has 0 radical (unpaired) electrons. The van der Waals surface area contributed by atoms with Gasteiger partial charge in [0, 0.05) is 19.3 Å². The number of allylic oxidation sites excluding steroid dienone is 1. The summed E-state index contributed by atoms with van der Waals surface area (Å²) in [5.41, 5.74) is -0.890. The number of ether oxygens (including phenoxy) is 4. The van der Waals surface area contributed by atoms with Crippen LogP contribution < -0.4 is 0 Å². The number of hydrogen-bond donors (Lipinski definition) is 1. The highest BCUT2D eigenvalue weighted by Crippen LogP contribution is 2.72. The monoisotopic (exact) mass is 366 g/mol. The van der Waals surface area contributed by atoms with Crippen LogP contribution in [0.1, 0.15) is 40.5 Å². The average Bonchev–Trinajstić information content (AvgIpc) is 3.34. The summed E-state index contributed by atoms with van der Waals surface area (Å²) in [6, 6.07) is 0. The van der Waals surface area contributed by atoms with Gasteiger partial charge in [0.15, 0.2) is 0 Å². The average molecular weight is 366 g/mol. The van der Waals surface area contributed by atoms with Crippen LogP contribution in [0.25, 0.3) is 0 Å². The molecule has 0 aromatic rings. The SMILES string of the molecule is CC(=O)OC[C@]12CCC(C)=C[C@@H]1O[C@H]1[C@H](O)[C@@H](OC(C)=O)[C@@]2(C)[C@]12CO2. The van der Waals surface area contributed by atoms with Crippen molar-refractivity contribution in [1.82, 2.24) is 0 Å². The summed E-state index contributed by atoms with van der Waals surface area (Å²) >= 11 is 0. The zero-order chi connectivity index (χ0) is 18.9. The van der Waals surface area contributed by atoms with Gasteiger partial charge in [-0.2, -0.15) is 0 Å². The summed E-state index contributed by atoms with van der Waals surface area (Å²) in [5, 5.41) is 10.9. The molecule has 1 N–H and O–H groups in total. The van der Waals surface area contributed by atoms with Gasteiger partial charge < -0.3 is 24.1 Å². The van der Waals surface area contributed by atoms with Crippen molar-refractivity contribution in [3.63, 3.8) is 0 Å². The number of aliphatic hydroxyl groups is 1. The highest BCUT2D eigenvalue weighted by molar-refractivity contribution is 5.67. The minimum Gasteiger partial charge on any atom is -0.465 e. The van der Waals surface area contributed by atoms with Crippen LogP contribution in [-0.2, 0) is 28.5 Å². The van der Waals surface area contributed by atoms with Crippen LogP contribution in [0.15, 0.2) is 11.6 Å². The van der Waals surface area contributed by atoms with E-state index in [0.29, 0.717) is 13.0 Å². The third kappa shape index (κ3) is 2.05. The van der Waals surface area contributed by atoms with Crippen LogP contribution in [0.3, 0.4) is 0 Å². The van der Waals surface area contributed by atoms with E-state index in [0.717, 1.165) is 6.42 Å². The van der Waals surface area contributed by atoms with E-state index in [-0.39, 0.29) is 18.7 Å². The van der Waals surface area contributed by atoms with Crippen molar-refractivity contribution in [2.45, 2.75) is 70.6 Å². The Balaban J connectivity index is 1.86. The molecule has 4 rings (SSSR count). The van der Waals surface area contributed by atoms with E-state index < -0.39 is 40.7 Å². The molecule has 144 valence electrons. The first-order valence-electron chi connectivity index (χ1n) is 9.13. The van der Waals surface area contributed by atoms with Crippen molar-refractivity contribution < 1.29 is 33.6 Å². The maximum Gasteiger partial charge on any atom is 0.303 e. The van der Waals surface area contributed by atoms with Gasteiger partial charge in [0.05, 0.1) is 18.1 Å². The van der Waals surface area contributed by atoms with Crippen LogP contribution in [0.2, 0.25) is 0 Å². The van der Waals surface area contributed by atoms with E-state index in [1.165, 1.54) is 19.4 Å². The molecule has 1 spiro atoms. The molecule has 2 saturated heterocycles. The molecule has 4 aliphatic rings. The minimum absolute atomic E-state index is 0.135. The molecule has 2 bridgehead atoms. The lowest BCUT2D eigenvalue weighted by molar-refractivity contribution is -0.233. The zero-order valence-electron chi connectivity index (χ0n) is 15.6. The molecule has 3 fully saturated rings. The number of epoxide rings is 1. The third-order valence-corrected chi connectivity index (χ3v) is 7.08. The topological polar surface area (TPSA) is 94.6 Å². The summed E-state index contributed by atoms with van der Waals surface area (Å²) in [4.78, 5) is 23.4. The molecule has 0 amide bonds. The lowest BCUT2D eigenvalue weighted by atomic mass is 9.51. The van der Waals surface area contributed by atoms with Gasteiger partial charge >= 0.3 is 11.9 Å². The lowest BCUT2D eigenvalue weighted by Gasteiger charge is -2.58. The van der Waals surface area contributed by atoms with E-state index in [4.69, 9.17) is 18.9 Å². The number of carbonyl (C=O) groups excluding carboxylic acids is 2. The Hall–Kier alpha value is -1.44. The predicted molar refractivity (Wildman–Crippen MR) is 89.1 cm³/mol. The van der Waals surface area contributed by atoms with E-state index >= 15 is 0 Å². The molecule has 7 heteroatoms. The first-order valence-corrected chi connectivity index (χ1v) is 9.13. The summed E-state index contributed by atoms with van der Waals surface area (Å²) in [6.07, 6.45) is 0.896. The number of hydrogen-bond acceptors (Lipinski definition) is 7. The Bertz CT molecular complexity index is 681. The maximum atomic E-state index is 11.8. The fourth-order valence-corrected chi connectivity index (χ4v) is 5.60. The Labute approximate surface area is 152 Å². The fraction of sp³-hybridized carbons (Fsp3) is 0.789. The molecule has 0 unspecified atom stereocenters. The van der Waals surface area contributed by atoms with Gasteiger partial charge in [-0.15, -0.1) is 0 Å². The molecular formula is C19H26O7. The number of carbonyl (C=O) groups is 2. The van der Waals surface area contributed by atoms with E-state index in [1.807, 2.05) is 13.8 Å². The Morgan fingerprint density at radius 3 is 2.62 bits per heavy atom. The van der Waals surface area contributed by atoms with Crippen molar-refractivity contribution in [2.75, 3.05) is 13.2 Å². The largest absolute Gasteiger partial charge is 0.465 e. The molecule has 26 heavy (non-hydrogen) atoms. The molecular weight excluding hydrogens is 340 g/mol. The van der Waals surface area contributed by atoms with Crippen LogP contribution in [0, 0.1) is 10.8 Å². The molecule has 1 saturated carbocycles. The van der Waals surface area contributed by atoms with Gasteiger partial charge in [-0.3, -0.25) is 9.59 Å². The van der Waals surface area contributed by atoms with Gasteiger partial charge in [0.1, 0.15) is 30.5 Å². The first-order chi connectivity index (χ1) is 12.2. The number of fused-ring (bicyclic) bond motifs is 2. The zero-order valence-corrected chi connectivity index (χ0v) is 15.6. The van der Waals surface area contributed by atoms with Crippen LogP contribution in [0.5, 0.6) is 0 Å². The highest BCUT2D eigenvalue weighted by Gasteiger charge is 2.85. The van der Waals surface area contributed by atoms with Crippen molar-refractivity contribution in [3.05, 3.63) is 11.6 Å². The number of aliphatic hydroxyl groups excluding tert-OH is 1. The molecule has 2 heterocycles. The van der Waals surface area contributed by atoms with Crippen LogP contribution >= 0.6 is 0 Å². The number of esters is 2. The molecule has 7 atom stereocenters. The quantitative estimate of drug-likeness (QED) is 0.454. The summed E-state index contributed by atoms with van der Waals surface area (Å²) in [7, 11) is 0. The van der Waals surface area contributed by atoms with Gasteiger partial charge in [-0.05, 0) is 19.8 Å². The smallest absolute Gasteiger partial charge is 0.303 e. The van der Waals surface area contributed by atoms with Gasteiger partial charge in [0.2, 0.25) is 0 Å². The Kier molecular flexibility index (Phi) is 3.82. The summed E-state index contributed by atoms with van der Waals surface area (Å²) < 4.78 is 23.3. The van der Waals surface area contributed by atoms with Gasteiger partial charge in [-0.25, -0.2) is 0 Å². The predicted octanol–water partition coefficient (Wildman–Crippen LogP) is 1.12. The normalized spacial score (nSPS) is 48.6. The van der Waals surface area contributed by atoms with E-state index in [2.05, 4.69) is 6.08 Å². The van der Waals surface area contributed by atoms with Crippen molar-refractivity contribution >= 4 is 11.9 Å². The second-order valence-electron chi connectivity index (χ2n) is 8.33. The maximum absolute atomic E-state index is 11.8. The molecule has 2 aliphatic carbocycles. The standard InChI is InChI=1S/C19H26O7/c1-10-5-6-18(8-23-11(2)20)13(7-10)26-16-14(22)15(25-12(3)21)17(18,4)19(16)9-24-19/h7,13-16,22H,5-6,8-9H2,1-4H3/t13-,14+,15+,16-,17+,18+,19-/m0/s1. The second-order valence-corrected chi connectivity index (χ2v) is 8.33. The third-order valence-electron chi connectivity index (χ3n) is 7.08. The highest BCUT2D eigenvalue weighted by atomic mass is 16.7. The van der Waals surface area contributed by atoms with Gasteiger partial charge in [-0.1, -0.05) is 18.6 Å². The van der Waals surface area contributed by atoms with Gasteiger partial charge in [0.25, 0.3) is 0 Å². The molecule has 0 aromatic carbocycles. The Morgan fingerprint density at radius 2 is 2.04 bits per heavy atom. The fourth-order valence-electron chi connectivity index (χ4n) is 5.60. The van der Waals surface area contributed by atoms with Crippen molar-refractivity contribution in [2.24, 2.45) is 10.8 Å². The first kappa shape index (κ1) is 17.9. The minimum atomic E-state index is -0.986. The Morgan fingerprint density at radius 1 is 1.35 bits per heavy atom. The van der Waals surface area contributed by atoms with Crippen molar-refractivity contribution in [3.8, 4) is 0 Å². The summed E-state index contributed by atoms with van der Waals surface area (Å²) in [6.45, 7) is 7.31. The molecule has 7 nitrogen and oxygen atoms in total. The molecule has 0 aromatic heterocycles. The van der Waals surface area contributed by atoms with E-state index in [9.17, 15) is 14.7 Å². The molecule has 2 aliphatic heterocycles. The van der Waals surface area contributed by atoms with Crippen molar-refractivity contribution in [1.29, 1.82) is 0 Å². The van der Waals surface area contributed by atoms with Crippen LogP contribution in [0.4, 0.5) is 0 Å². The van der Waals surface area contributed by atoms with E-state index in [1.54, 1.807) is 0 Å². The summed E-state index contributed by atoms with van der Waals surface area (Å²) in [5.74, 6) is -0.830. The second kappa shape index (κ2) is 5.53.